The van der Waals surface area contributed by atoms with E-state index in [1.54, 1.807) is 0 Å². The maximum Gasteiger partial charge on any atom is 0.244 e. The number of hydrogen-bond acceptors (Lipinski definition) is 6. The molecular formula is C12H19N3O3S2. The van der Waals surface area contributed by atoms with Crippen LogP contribution >= 0.6 is 11.3 Å². The highest BCUT2D eigenvalue weighted by Crippen LogP contribution is 2.19. The van der Waals surface area contributed by atoms with E-state index in [9.17, 15) is 13.2 Å². The molecule has 0 aliphatic heterocycles. The first kappa shape index (κ1) is 16.8. The molecule has 1 N–H and O–H groups in total. The lowest BCUT2D eigenvalue weighted by Crippen LogP contribution is -2.33. The standard InChI is InChI=1S/C12H19N3O3S2/c1-5-6-20(17,18)9(4)11(16)13-12-15-14-10(19-12)7-8(2)3/h5,8-9H,1,6-7H2,2-4H3,(H,13,15,16). The van der Waals surface area contributed by atoms with Crippen molar-refractivity contribution in [3.63, 3.8) is 0 Å². The summed E-state index contributed by atoms with van der Waals surface area (Å²) in [6, 6.07) is 0. The minimum atomic E-state index is -3.52. The zero-order valence-electron chi connectivity index (χ0n) is 11.8. The Kier molecular flexibility index (Phi) is 5.82. The van der Waals surface area contributed by atoms with Gasteiger partial charge >= 0.3 is 0 Å². The molecule has 1 aromatic heterocycles. The van der Waals surface area contributed by atoms with E-state index < -0.39 is 21.0 Å². The summed E-state index contributed by atoms with van der Waals surface area (Å²) in [5.41, 5.74) is 0. The summed E-state index contributed by atoms with van der Waals surface area (Å²) in [4.78, 5) is 11.9. The van der Waals surface area contributed by atoms with Crippen LogP contribution in [0.3, 0.4) is 0 Å². The van der Waals surface area contributed by atoms with Gasteiger partial charge in [0.2, 0.25) is 11.0 Å². The summed E-state index contributed by atoms with van der Waals surface area (Å²) in [5, 5.41) is 10.3. The fourth-order valence-corrected chi connectivity index (χ4v) is 3.37. The topological polar surface area (TPSA) is 89.0 Å². The molecule has 20 heavy (non-hydrogen) atoms. The highest BCUT2D eigenvalue weighted by molar-refractivity contribution is 7.92. The Labute approximate surface area is 123 Å². The maximum atomic E-state index is 11.9. The summed E-state index contributed by atoms with van der Waals surface area (Å²) in [6.45, 7) is 8.84. The van der Waals surface area contributed by atoms with E-state index in [0.29, 0.717) is 11.0 Å². The van der Waals surface area contributed by atoms with Gasteiger partial charge in [-0.2, -0.15) is 0 Å². The van der Waals surface area contributed by atoms with E-state index >= 15 is 0 Å². The van der Waals surface area contributed by atoms with Crippen molar-refractivity contribution in [2.75, 3.05) is 11.1 Å². The number of nitrogens with one attached hydrogen (secondary N) is 1. The minimum absolute atomic E-state index is 0.226. The van der Waals surface area contributed by atoms with Crippen molar-refractivity contribution < 1.29 is 13.2 Å². The van der Waals surface area contributed by atoms with E-state index in [2.05, 4.69) is 35.9 Å². The van der Waals surface area contributed by atoms with E-state index in [1.807, 2.05) is 0 Å². The molecule has 0 radical (unpaired) electrons. The van der Waals surface area contributed by atoms with Crippen LogP contribution < -0.4 is 5.32 Å². The Morgan fingerprint density at radius 2 is 2.05 bits per heavy atom. The average molecular weight is 317 g/mol. The fourth-order valence-electron chi connectivity index (χ4n) is 1.41. The van der Waals surface area contributed by atoms with Crippen molar-refractivity contribution in [1.29, 1.82) is 0 Å². The quantitative estimate of drug-likeness (QED) is 0.773. The Morgan fingerprint density at radius 3 is 2.60 bits per heavy atom. The predicted molar refractivity (Wildman–Crippen MR) is 80.5 cm³/mol. The fraction of sp³-hybridized carbons (Fsp3) is 0.583. The number of hydrogen-bond donors (Lipinski definition) is 1. The Bertz CT molecular complexity index is 579. The molecule has 0 aliphatic carbocycles. The molecule has 6 nitrogen and oxygen atoms in total. The van der Waals surface area contributed by atoms with E-state index in [4.69, 9.17) is 0 Å². The van der Waals surface area contributed by atoms with Crippen LogP contribution in [0.4, 0.5) is 5.13 Å². The largest absolute Gasteiger partial charge is 0.299 e. The van der Waals surface area contributed by atoms with Crippen molar-refractivity contribution in [3.05, 3.63) is 17.7 Å². The van der Waals surface area contributed by atoms with Crippen LogP contribution in [0.25, 0.3) is 0 Å². The number of aromatic nitrogens is 2. The van der Waals surface area contributed by atoms with Gasteiger partial charge in [0.1, 0.15) is 10.3 Å². The summed E-state index contributed by atoms with van der Waals surface area (Å²) in [7, 11) is -3.52. The number of carbonyl (C=O) groups is 1. The summed E-state index contributed by atoms with van der Waals surface area (Å²) in [6.07, 6.45) is 2.04. The number of nitrogens with zero attached hydrogens (tertiary/aromatic N) is 2. The molecule has 0 saturated carbocycles. The van der Waals surface area contributed by atoms with Crippen LogP contribution in [0, 0.1) is 5.92 Å². The summed E-state index contributed by atoms with van der Waals surface area (Å²) in [5.74, 6) is -0.381. The van der Waals surface area contributed by atoms with Gasteiger partial charge < -0.3 is 0 Å². The van der Waals surface area contributed by atoms with Crippen LogP contribution in [-0.4, -0.2) is 35.5 Å². The smallest absolute Gasteiger partial charge is 0.244 e. The highest BCUT2D eigenvalue weighted by Gasteiger charge is 2.27. The van der Waals surface area contributed by atoms with Crippen molar-refractivity contribution >= 4 is 32.2 Å². The molecule has 0 aliphatic rings. The molecule has 0 saturated heterocycles. The van der Waals surface area contributed by atoms with Gasteiger partial charge in [-0.05, 0) is 12.8 Å². The Balaban J connectivity index is 2.71. The van der Waals surface area contributed by atoms with Gasteiger partial charge in [-0.1, -0.05) is 31.3 Å². The first-order chi connectivity index (χ1) is 9.26. The zero-order valence-corrected chi connectivity index (χ0v) is 13.4. The van der Waals surface area contributed by atoms with Gasteiger partial charge in [-0.25, -0.2) is 8.42 Å². The molecule has 0 aromatic carbocycles. The van der Waals surface area contributed by atoms with Crippen molar-refractivity contribution in [2.24, 2.45) is 5.92 Å². The number of anilines is 1. The third-order valence-electron chi connectivity index (χ3n) is 2.54. The van der Waals surface area contributed by atoms with Crippen molar-refractivity contribution in [2.45, 2.75) is 32.4 Å². The molecule has 0 bridgehead atoms. The zero-order chi connectivity index (χ0) is 15.3. The lowest BCUT2D eigenvalue weighted by Gasteiger charge is -2.09. The van der Waals surface area contributed by atoms with Crippen molar-refractivity contribution in [3.8, 4) is 0 Å². The first-order valence-electron chi connectivity index (χ1n) is 6.22. The third-order valence-corrected chi connectivity index (χ3v) is 5.39. The van der Waals surface area contributed by atoms with E-state index in [1.165, 1.54) is 24.3 Å². The normalized spacial score (nSPS) is 13.2. The van der Waals surface area contributed by atoms with Crippen LogP contribution in [0.1, 0.15) is 25.8 Å². The maximum absolute atomic E-state index is 11.9. The number of sulfone groups is 1. The summed E-state index contributed by atoms with van der Waals surface area (Å²) >= 11 is 1.26. The van der Waals surface area contributed by atoms with Gasteiger partial charge in [0, 0.05) is 6.42 Å². The minimum Gasteiger partial charge on any atom is -0.299 e. The lowest BCUT2D eigenvalue weighted by atomic mass is 10.1. The molecule has 0 spiro atoms. The van der Waals surface area contributed by atoms with Crippen LogP contribution in [0.2, 0.25) is 0 Å². The molecule has 1 amide bonds. The highest BCUT2D eigenvalue weighted by atomic mass is 32.2. The molecular weight excluding hydrogens is 298 g/mol. The molecule has 0 fully saturated rings. The second-order valence-corrected chi connectivity index (χ2v) is 8.28. The van der Waals surface area contributed by atoms with Gasteiger partial charge in [-0.15, -0.1) is 16.8 Å². The van der Waals surface area contributed by atoms with Gasteiger partial charge in [0.05, 0.1) is 5.75 Å². The number of amides is 1. The molecule has 1 atom stereocenters. The number of carbonyl (C=O) groups excluding carboxylic acids is 1. The average Bonchev–Trinajstić information content (AvgIpc) is 2.74. The second-order valence-electron chi connectivity index (χ2n) is 4.85. The lowest BCUT2D eigenvalue weighted by molar-refractivity contribution is -0.115. The van der Waals surface area contributed by atoms with Crippen LogP contribution in [0.15, 0.2) is 12.7 Å². The molecule has 8 heteroatoms. The van der Waals surface area contributed by atoms with E-state index in [-0.39, 0.29) is 5.75 Å². The third kappa shape index (κ3) is 4.68. The number of rotatable bonds is 7. The SMILES string of the molecule is C=CCS(=O)(=O)C(C)C(=O)Nc1nnc(CC(C)C)s1. The molecule has 1 rings (SSSR count). The first-order valence-corrected chi connectivity index (χ1v) is 8.75. The molecule has 1 heterocycles. The van der Waals surface area contributed by atoms with E-state index in [0.717, 1.165) is 11.4 Å². The second kappa shape index (κ2) is 6.94. The Morgan fingerprint density at radius 1 is 1.40 bits per heavy atom. The monoisotopic (exact) mass is 317 g/mol. The molecule has 1 aromatic rings. The Hall–Kier alpha value is -1.28. The van der Waals surface area contributed by atoms with Crippen LogP contribution in [0.5, 0.6) is 0 Å². The van der Waals surface area contributed by atoms with Gasteiger partial charge in [0.25, 0.3) is 0 Å². The molecule has 1 unspecified atom stereocenters. The summed E-state index contributed by atoms with van der Waals surface area (Å²) < 4.78 is 23.5. The van der Waals surface area contributed by atoms with Crippen LogP contribution in [-0.2, 0) is 21.1 Å². The van der Waals surface area contributed by atoms with Crippen molar-refractivity contribution in [1.82, 2.24) is 10.2 Å². The van der Waals surface area contributed by atoms with Gasteiger partial charge in [0.15, 0.2) is 9.84 Å². The van der Waals surface area contributed by atoms with Gasteiger partial charge in [-0.3, -0.25) is 10.1 Å². The predicted octanol–water partition coefficient (Wildman–Crippen LogP) is 1.66. The molecule has 112 valence electrons.